The van der Waals surface area contributed by atoms with Crippen molar-refractivity contribution in [3.05, 3.63) is 29.8 Å². The molecule has 1 unspecified atom stereocenters. The van der Waals surface area contributed by atoms with E-state index in [4.69, 9.17) is 10.5 Å². The van der Waals surface area contributed by atoms with Gasteiger partial charge < -0.3 is 20.9 Å². The number of aromatic hydroxyl groups is 1. The molecule has 0 radical (unpaired) electrons. The number of carbonyl (C=O) groups is 1. The molecule has 0 aliphatic carbocycles. The first-order valence-electron chi connectivity index (χ1n) is 6.31. The second-order valence-electron chi connectivity index (χ2n) is 4.53. The van der Waals surface area contributed by atoms with Gasteiger partial charge in [-0.25, -0.2) is 0 Å². The number of amides is 1. The monoisotopic (exact) mass is 298 g/mol. The van der Waals surface area contributed by atoms with E-state index in [2.05, 4.69) is 5.32 Å². The predicted octanol–water partition coefficient (Wildman–Crippen LogP) is 1.70. The Hall–Kier alpha value is -1.72. The number of phenols is 1. The van der Waals surface area contributed by atoms with Gasteiger partial charge >= 0.3 is 0 Å². The lowest BCUT2D eigenvalue weighted by atomic mass is 10.1. The molecular formula is C14H19ClN2O3. The van der Waals surface area contributed by atoms with Crippen LogP contribution in [0.5, 0.6) is 5.75 Å². The minimum Gasteiger partial charge on any atom is -0.507 e. The molecule has 1 saturated heterocycles. The summed E-state index contributed by atoms with van der Waals surface area (Å²) in [5.41, 5.74) is 6.67. The van der Waals surface area contributed by atoms with Crippen molar-refractivity contribution in [3.8, 4) is 5.75 Å². The number of ether oxygens (including phenoxy) is 1. The Morgan fingerprint density at radius 3 is 3.05 bits per heavy atom. The molecule has 0 saturated carbocycles. The van der Waals surface area contributed by atoms with Gasteiger partial charge in [0.1, 0.15) is 5.75 Å². The normalized spacial score (nSPS) is 17.9. The maximum atomic E-state index is 11.6. The Kier molecular flexibility index (Phi) is 6.35. The molecule has 0 aromatic heterocycles. The number of carbonyl (C=O) groups excluding carboxylic acids is 1. The Morgan fingerprint density at radius 1 is 1.55 bits per heavy atom. The third kappa shape index (κ3) is 4.75. The fraction of sp³-hybridized carbons (Fsp3) is 0.357. The summed E-state index contributed by atoms with van der Waals surface area (Å²) >= 11 is 0. The molecule has 1 aliphatic heterocycles. The highest BCUT2D eigenvalue weighted by atomic mass is 35.5. The highest BCUT2D eigenvalue weighted by Crippen LogP contribution is 2.20. The Labute approximate surface area is 124 Å². The van der Waals surface area contributed by atoms with Crippen molar-refractivity contribution >= 4 is 30.1 Å². The molecule has 0 spiro atoms. The van der Waals surface area contributed by atoms with E-state index in [1.807, 2.05) is 0 Å². The van der Waals surface area contributed by atoms with Gasteiger partial charge in [-0.2, -0.15) is 0 Å². The van der Waals surface area contributed by atoms with Crippen molar-refractivity contribution < 1.29 is 14.6 Å². The molecule has 2 rings (SSSR count). The summed E-state index contributed by atoms with van der Waals surface area (Å²) < 4.78 is 5.41. The zero-order chi connectivity index (χ0) is 13.7. The summed E-state index contributed by atoms with van der Waals surface area (Å²) in [6.07, 6.45) is 5.08. The lowest BCUT2D eigenvalue weighted by molar-refractivity contribution is -0.116. The number of anilines is 1. The van der Waals surface area contributed by atoms with Crippen molar-refractivity contribution in [2.45, 2.75) is 18.9 Å². The first-order valence-corrected chi connectivity index (χ1v) is 6.31. The summed E-state index contributed by atoms with van der Waals surface area (Å²) in [5.74, 6) is -0.116. The Morgan fingerprint density at radius 2 is 2.35 bits per heavy atom. The number of rotatable bonds is 4. The maximum Gasteiger partial charge on any atom is 0.244 e. The summed E-state index contributed by atoms with van der Waals surface area (Å²) in [6, 6.07) is 4.71. The van der Waals surface area contributed by atoms with Gasteiger partial charge in [-0.3, -0.25) is 4.79 Å². The highest BCUT2D eigenvalue weighted by Gasteiger charge is 2.15. The van der Waals surface area contributed by atoms with E-state index in [-0.39, 0.29) is 30.2 Å². The molecule has 110 valence electrons. The van der Waals surface area contributed by atoms with Crippen LogP contribution in [0.2, 0.25) is 0 Å². The number of phenolic OH excluding ortho intramolecular Hbond substituents is 1. The van der Waals surface area contributed by atoms with Crippen LogP contribution in [0.3, 0.4) is 0 Å². The molecule has 6 heteroatoms. The van der Waals surface area contributed by atoms with E-state index < -0.39 is 0 Å². The first kappa shape index (κ1) is 16.3. The largest absolute Gasteiger partial charge is 0.507 e. The molecule has 1 aliphatic rings. The molecule has 1 atom stereocenters. The van der Waals surface area contributed by atoms with E-state index >= 15 is 0 Å². The summed E-state index contributed by atoms with van der Waals surface area (Å²) in [4.78, 5) is 11.6. The van der Waals surface area contributed by atoms with Crippen LogP contribution in [-0.2, 0) is 9.53 Å². The smallest absolute Gasteiger partial charge is 0.244 e. The summed E-state index contributed by atoms with van der Waals surface area (Å²) in [5, 5.41) is 12.4. The van der Waals surface area contributed by atoms with Crippen molar-refractivity contribution in [3.63, 3.8) is 0 Å². The van der Waals surface area contributed by atoms with E-state index in [1.54, 1.807) is 12.1 Å². The number of nitrogens with one attached hydrogen (secondary N) is 1. The van der Waals surface area contributed by atoms with Gasteiger partial charge in [0.05, 0.1) is 6.10 Å². The summed E-state index contributed by atoms with van der Waals surface area (Å²) in [6.45, 7) is 1.29. The molecule has 0 bridgehead atoms. The zero-order valence-electron chi connectivity index (χ0n) is 11.0. The van der Waals surface area contributed by atoms with Gasteiger partial charge in [-0.1, -0.05) is 0 Å². The van der Waals surface area contributed by atoms with Crippen molar-refractivity contribution in [1.82, 2.24) is 5.32 Å². The van der Waals surface area contributed by atoms with Crippen LogP contribution in [0.15, 0.2) is 24.3 Å². The third-order valence-electron chi connectivity index (χ3n) is 2.99. The zero-order valence-corrected chi connectivity index (χ0v) is 11.9. The SMILES string of the molecule is Cl.Nc1ccc(O)c(C=CC(=O)NCC2CCCO2)c1. The molecule has 1 aromatic carbocycles. The number of benzene rings is 1. The molecule has 1 fully saturated rings. The molecular weight excluding hydrogens is 280 g/mol. The molecule has 1 heterocycles. The van der Waals surface area contributed by atoms with E-state index in [0.29, 0.717) is 17.8 Å². The quantitative estimate of drug-likeness (QED) is 0.449. The van der Waals surface area contributed by atoms with Gasteiger partial charge in [0.25, 0.3) is 0 Å². The lowest BCUT2D eigenvalue weighted by Gasteiger charge is -2.08. The second-order valence-corrected chi connectivity index (χ2v) is 4.53. The van der Waals surface area contributed by atoms with Gasteiger partial charge in [0, 0.05) is 30.5 Å². The molecule has 20 heavy (non-hydrogen) atoms. The Bertz CT molecular complexity index is 485. The van der Waals surface area contributed by atoms with Crippen LogP contribution in [0.25, 0.3) is 6.08 Å². The number of hydrogen-bond donors (Lipinski definition) is 3. The number of nitrogen functional groups attached to an aromatic ring is 1. The average molecular weight is 299 g/mol. The van der Waals surface area contributed by atoms with E-state index in [0.717, 1.165) is 19.4 Å². The van der Waals surface area contributed by atoms with Crippen molar-refractivity contribution in [2.24, 2.45) is 0 Å². The van der Waals surface area contributed by atoms with Gasteiger partial charge in [0.2, 0.25) is 5.91 Å². The average Bonchev–Trinajstić information content (AvgIpc) is 2.90. The first-order chi connectivity index (χ1) is 9.15. The standard InChI is InChI=1S/C14H18N2O3.ClH/c15-11-4-5-13(17)10(8-11)3-6-14(18)16-9-12-2-1-7-19-12;/h3-6,8,12,17H,1-2,7,9,15H2,(H,16,18);1H. The number of halogens is 1. The topological polar surface area (TPSA) is 84.6 Å². The van der Waals surface area contributed by atoms with Gasteiger partial charge in [-0.15, -0.1) is 12.4 Å². The van der Waals surface area contributed by atoms with Crippen LogP contribution in [0.1, 0.15) is 18.4 Å². The minimum atomic E-state index is -0.211. The van der Waals surface area contributed by atoms with Crippen molar-refractivity contribution in [1.29, 1.82) is 0 Å². The van der Waals surface area contributed by atoms with Crippen LogP contribution < -0.4 is 11.1 Å². The van der Waals surface area contributed by atoms with Gasteiger partial charge in [-0.05, 0) is 37.1 Å². The molecule has 1 aromatic rings. The van der Waals surface area contributed by atoms with Crippen LogP contribution in [0, 0.1) is 0 Å². The minimum absolute atomic E-state index is 0. The fourth-order valence-electron chi connectivity index (χ4n) is 1.95. The molecule has 5 nitrogen and oxygen atoms in total. The van der Waals surface area contributed by atoms with Crippen molar-refractivity contribution in [2.75, 3.05) is 18.9 Å². The third-order valence-corrected chi connectivity index (χ3v) is 2.99. The van der Waals surface area contributed by atoms with Crippen LogP contribution in [-0.4, -0.2) is 30.3 Å². The Balaban J connectivity index is 0.00000200. The number of hydrogen-bond acceptors (Lipinski definition) is 4. The lowest BCUT2D eigenvalue weighted by Crippen LogP contribution is -2.30. The molecule has 1 amide bonds. The van der Waals surface area contributed by atoms with E-state index in [9.17, 15) is 9.90 Å². The summed E-state index contributed by atoms with van der Waals surface area (Å²) in [7, 11) is 0. The maximum absolute atomic E-state index is 11.6. The fourth-order valence-corrected chi connectivity index (χ4v) is 1.95. The predicted molar refractivity (Wildman–Crippen MR) is 80.8 cm³/mol. The molecule has 4 N–H and O–H groups in total. The van der Waals surface area contributed by atoms with Gasteiger partial charge in [0.15, 0.2) is 0 Å². The van der Waals surface area contributed by atoms with Crippen LogP contribution in [0.4, 0.5) is 5.69 Å². The van der Waals surface area contributed by atoms with E-state index in [1.165, 1.54) is 18.2 Å². The number of nitrogens with two attached hydrogens (primary N) is 1. The van der Waals surface area contributed by atoms with Crippen LogP contribution >= 0.6 is 12.4 Å². The highest BCUT2D eigenvalue weighted by molar-refractivity contribution is 5.92. The second kappa shape index (κ2) is 7.77.